The van der Waals surface area contributed by atoms with Crippen LogP contribution in [0.25, 0.3) is 10.9 Å². The molecule has 1 atom stereocenters. The van der Waals surface area contributed by atoms with Crippen LogP contribution in [-0.2, 0) is 11.3 Å². The molecule has 0 aliphatic carbocycles. The second-order valence-electron chi connectivity index (χ2n) is 8.09. The number of carbonyl (C=O) groups is 1. The van der Waals surface area contributed by atoms with Crippen LogP contribution in [0.4, 0.5) is 0 Å². The number of nitrogens with zero attached hydrogens (tertiary/aromatic N) is 3. The summed E-state index contributed by atoms with van der Waals surface area (Å²) < 4.78 is 5.48. The van der Waals surface area contributed by atoms with Gasteiger partial charge in [-0.3, -0.25) is 9.69 Å². The Labute approximate surface area is 161 Å². The van der Waals surface area contributed by atoms with Crippen molar-refractivity contribution in [3.8, 4) is 5.75 Å². The van der Waals surface area contributed by atoms with E-state index >= 15 is 0 Å². The molecule has 2 fully saturated rings. The summed E-state index contributed by atoms with van der Waals surface area (Å²) in [6, 6.07) is 10.4. The van der Waals surface area contributed by atoms with Gasteiger partial charge in [-0.2, -0.15) is 0 Å². The smallest absolute Gasteiger partial charge is 0.243 e. The van der Waals surface area contributed by atoms with Crippen molar-refractivity contribution in [2.45, 2.75) is 57.7 Å². The van der Waals surface area contributed by atoms with Crippen molar-refractivity contribution in [3.63, 3.8) is 0 Å². The Hall–Kier alpha value is -2.14. The SMILES string of the molecule is COc1cccc2ccc(CN3CCCC34CCCN(C(C)C)C4=O)nc12. The van der Waals surface area contributed by atoms with Gasteiger partial charge in [0.1, 0.15) is 16.8 Å². The van der Waals surface area contributed by atoms with Crippen LogP contribution < -0.4 is 4.74 Å². The molecule has 1 spiro atoms. The number of carbonyl (C=O) groups excluding carboxylic acids is 1. The summed E-state index contributed by atoms with van der Waals surface area (Å²) in [5.74, 6) is 1.12. The van der Waals surface area contributed by atoms with E-state index in [-0.39, 0.29) is 11.6 Å². The Balaban J connectivity index is 1.64. The summed E-state index contributed by atoms with van der Waals surface area (Å²) in [6.45, 7) is 6.80. The van der Waals surface area contributed by atoms with Crippen molar-refractivity contribution in [2.24, 2.45) is 0 Å². The lowest BCUT2D eigenvalue weighted by molar-refractivity contribution is -0.149. The molecular formula is C22H29N3O2. The number of hydrogen-bond acceptors (Lipinski definition) is 4. The highest BCUT2D eigenvalue weighted by atomic mass is 16.5. The lowest BCUT2D eigenvalue weighted by Gasteiger charge is -2.46. The maximum absolute atomic E-state index is 13.3. The quantitative estimate of drug-likeness (QED) is 0.828. The predicted molar refractivity (Wildman–Crippen MR) is 107 cm³/mol. The lowest BCUT2D eigenvalue weighted by Crippen LogP contribution is -2.61. The van der Waals surface area contributed by atoms with Crippen LogP contribution in [0.1, 0.15) is 45.2 Å². The number of aromatic nitrogens is 1. The largest absolute Gasteiger partial charge is 0.494 e. The number of ether oxygens (including phenoxy) is 1. The number of methoxy groups -OCH3 is 1. The minimum atomic E-state index is -0.333. The molecule has 2 saturated heterocycles. The number of fused-ring (bicyclic) bond motifs is 1. The first-order chi connectivity index (χ1) is 13.0. The third kappa shape index (κ3) is 3.08. The number of piperidine rings is 1. The molecule has 2 aliphatic rings. The summed E-state index contributed by atoms with van der Waals surface area (Å²) in [6.07, 6.45) is 4.09. The van der Waals surface area contributed by atoms with Gasteiger partial charge < -0.3 is 9.64 Å². The van der Waals surface area contributed by atoms with E-state index in [1.165, 1.54) is 0 Å². The average Bonchev–Trinajstić information content (AvgIpc) is 3.06. The molecule has 5 nitrogen and oxygen atoms in total. The standard InChI is InChI=1S/C22H29N3O2/c1-16(2)25-14-6-12-22(21(25)26)11-5-13-24(22)15-18-10-9-17-7-4-8-19(27-3)20(17)23-18/h4,7-10,16H,5-6,11-15H2,1-3H3. The van der Waals surface area contributed by atoms with Gasteiger partial charge in [-0.1, -0.05) is 18.2 Å². The van der Waals surface area contributed by atoms with Crippen LogP contribution in [-0.4, -0.2) is 52.5 Å². The van der Waals surface area contributed by atoms with Crippen molar-refractivity contribution in [2.75, 3.05) is 20.2 Å². The number of para-hydroxylation sites is 1. The van der Waals surface area contributed by atoms with E-state index in [0.717, 1.165) is 61.1 Å². The van der Waals surface area contributed by atoms with Gasteiger partial charge in [0, 0.05) is 24.5 Å². The van der Waals surface area contributed by atoms with Gasteiger partial charge in [0.15, 0.2) is 0 Å². The van der Waals surface area contributed by atoms with Gasteiger partial charge in [0.05, 0.1) is 12.8 Å². The molecule has 5 heteroatoms. The van der Waals surface area contributed by atoms with Crippen LogP contribution in [0.15, 0.2) is 30.3 Å². The number of benzene rings is 1. The van der Waals surface area contributed by atoms with Gasteiger partial charge >= 0.3 is 0 Å². The molecule has 1 aromatic carbocycles. The van der Waals surface area contributed by atoms with Crippen LogP contribution in [0, 0.1) is 0 Å². The van der Waals surface area contributed by atoms with E-state index in [9.17, 15) is 4.79 Å². The van der Waals surface area contributed by atoms with Gasteiger partial charge in [-0.05, 0) is 58.2 Å². The molecule has 2 aromatic rings. The molecular weight excluding hydrogens is 338 g/mol. The molecule has 0 bridgehead atoms. The molecule has 1 unspecified atom stereocenters. The van der Waals surface area contributed by atoms with Gasteiger partial charge in [0.25, 0.3) is 0 Å². The second kappa shape index (κ2) is 7.12. The Kier molecular flexibility index (Phi) is 4.81. The maximum Gasteiger partial charge on any atom is 0.243 e. The zero-order valence-electron chi connectivity index (χ0n) is 16.6. The van der Waals surface area contributed by atoms with E-state index in [2.05, 4.69) is 41.8 Å². The van der Waals surface area contributed by atoms with Crippen molar-refractivity contribution in [1.82, 2.24) is 14.8 Å². The highest BCUT2D eigenvalue weighted by Gasteiger charge is 2.51. The molecule has 1 aromatic heterocycles. The molecule has 0 radical (unpaired) electrons. The lowest BCUT2D eigenvalue weighted by atomic mass is 9.84. The fourth-order valence-electron chi connectivity index (χ4n) is 4.81. The monoisotopic (exact) mass is 367 g/mol. The normalized spacial score (nSPS) is 23.7. The van der Waals surface area contributed by atoms with Crippen molar-refractivity contribution in [3.05, 3.63) is 36.0 Å². The van der Waals surface area contributed by atoms with E-state index in [0.29, 0.717) is 12.5 Å². The Morgan fingerprint density at radius 1 is 1.15 bits per heavy atom. The Bertz CT molecular complexity index is 851. The minimum Gasteiger partial charge on any atom is -0.494 e. The van der Waals surface area contributed by atoms with Crippen molar-refractivity contribution in [1.29, 1.82) is 0 Å². The number of likely N-dealkylation sites (tertiary alicyclic amines) is 2. The zero-order chi connectivity index (χ0) is 19.0. The number of rotatable bonds is 4. The summed E-state index contributed by atoms with van der Waals surface area (Å²) in [5.41, 5.74) is 1.56. The molecule has 0 N–H and O–H groups in total. The summed E-state index contributed by atoms with van der Waals surface area (Å²) in [4.78, 5) is 22.7. The van der Waals surface area contributed by atoms with E-state index in [4.69, 9.17) is 9.72 Å². The summed E-state index contributed by atoms with van der Waals surface area (Å²) in [7, 11) is 1.68. The summed E-state index contributed by atoms with van der Waals surface area (Å²) in [5, 5.41) is 1.08. The number of amides is 1. The van der Waals surface area contributed by atoms with Gasteiger partial charge in [0.2, 0.25) is 5.91 Å². The van der Waals surface area contributed by atoms with Gasteiger partial charge in [-0.25, -0.2) is 4.98 Å². The fourth-order valence-corrected chi connectivity index (χ4v) is 4.81. The molecule has 144 valence electrons. The van der Waals surface area contributed by atoms with E-state index in [1.54, 1.807) is 7.11 Å². The van der Waals surface area contributed by atoms with Crippen LogP contribution >= 0.6 is 0 Å². The highest BCUT2D eigenvalue weighted by Crippen LogP contribution is 2.39. The average molecular weight is 367 g/mol. The second-order valence-corrected chi connectivity index (χ2v) is 8.09. The minimum absolute atomic E-state index is 0.264. The topological polar surface area (TPSA) is 45.7 Å². The molecule has 4 rings (SSSR count). The molecule has 3 heterocycles. The third-order valence-electron chi connectivity index (χ3n) is 6.21. The maximum atomic E-state index is 13.3. The number of pyridine rings is 1. The molecule has 0 saturated carbocycles. The van der Waals surface area contributed by atoms with Crippen molar-refractivity contribution < 1.29 is 9.53 Å². The van der Waals surface area contributed by atoms with Gasteiger partial charge in [-0.15, -0.1) is 0 Å². The highest BCUT2D eigenvalue weighted by molar-refractivity contribution is 5.88. The first-order valence-corrected chi connectivity index (χ1v) is 10.0. The van der Waals surface area contributed by atoms with Crippen LogP contribution in [0.5, 0.6) is 5.75 Å². The fraction of sp³-hybridized carbons (Fsp3) is 0.545. The van der Waals surface area contributed by atoms with E-state index < -0.39 is 0 Å². The molecule has 2 aliphatic heterocycles. The third-order valence-corrected chi connectivity index (χ3v) is 6.21. The van der Waals surface area contributed by atoms with Crippen LogP contribution in [0.2, 0.25) is 0 Å². The Morgan fingerprint density at radius 2 is 1.93 bits per heavy atom. The summed E-state index contributed by atoms with van der Waals surface area (Å²) >= 11 is 0. The predicted octanol–water partition coefficient (Wildman–Crippen LogP) is 3.61. The Morgan fingerprint density at radius 3 is 2.67 bits per heavy atom. The van der Waals surface area contributed by atoms with Crippen LogP contribution in [0.3, 0.4) is 0 Å². The number of hydrogen-bond donors (Lipinski definition) is 0. The molecule has 27 heavy (non-hydrogen) atoms. The van der Waals surface area contributed by atoms with E-state index in [1.807, 2.05) is 12.1 Å². The zero-order valence-corrected chi connectivity index (χ0v) is 16.6. The molecule has 1 amide bonds. The first kappa shape index (κ1) is 18.2. The first-order valence-electron chi connectivity index (χ1n) is 10.0. The van der Waals surface area contributed by atoms with Crippen molar-refractivity contribution >= 4 is 16.8 Å².